The molecule has 0 aromatic heterocycles. The second kappa shape index (κ2) is 8.13. The van der Waals surface area contributed by atoms with E-state index in [0.29, 0.717) is 17.9 Å². The van der Waals surface area contributed by atoms with Gasteiger partial charge in [0.1, 0.15) is 0 Å². The summed E-state index contributed by atoms with van der Waals surface area (Å²) in [5, 5.41) is 12.6. The topological polar surface area (TPSA) is 35.5 Å². The van der Waals surface area contributed by atoms with Crippen LogP contribution in [0.1, 0.15) is 46.5 Å². The van der Waals surface area contributed by atoms with Crippen molar-refractivity contribution in [2.45, 2.75) is 46.5 Å². The van der Waals surface area contributed by atoms with Crippen LogP contribution in [0.5, 0.6) is 0 Å². The van der Waals surface area contributed by atoms with Gasteiger partial charge in [-0.25, -0.2) is 0 Å². The Labute approximate surface area is 113 Å². The van der Waals surface area contributed by atoms with Crippen LogP contribution in [0.15, 0.2) is 0 Å². The van der Waals surface area contributed by atoms with Gasteiger partial charge < -0.3 is 15.3 Å². The molecule has 2 N–H and O–H groups in total. The van der Waals surface area contributed by atoms with E-state index in [1.165, 1.54) is 38.9 Å². The third-order valence-electron chi connectivity index (χ3n) is 3.73. The average molecular weight is 256 g/mol. The maximum Gasteiger partial charge on any atom is 0.0433 e. The Kier molecular flexibility index (Phi) is 7.20. The number of piperazine rings is 1. The molecule has 0 spiro atoms. The minimum Gasteiger partial charge on any atom is -0.396 e. The Balaban J connectivity index is 2.19. The molecule has 0 aromatic rings. The molecule has 3 heteroatoms. The van der Waals surface area contributed by atoms with Crippen molar-refractivity contribution in [3.05, 3.63) is 0 Å². The second-order valence-electron chi connectivity index (χ2n) is 6.88. The largest absolute Gasteiger partial charge is 0.396 e. The number of rotatable bonds is 7. The van der Waals surface area contributed by atoms with Gasteiger partial charge in [0, 0.05) is 32.8 Å². The van der Waals surface area contributed by atoms with Gasteiger partial charge >= 0.3 is 0 Å². The van der Waals surface area contributed by atoms with Gasteiger partial charge in [0.15, 0.2) is 0 Å². The summed E-state index contributed by atoms with van der Waals surface area (Å²) >= 11 is 0. The SMILES string of the molecule is CC(C)(C)C[C@H](CCO)CCCN1CCNCC1. The Hall–Kier alpha value is -0.120. The van der Waals surface area contributed by atoms with Gasteiger partial charge in [-0.2, -0.15) is 0 Å². The van der Waals surface area contributed by atoms with Gasteiger partial charge in [-0.05, 0) is 43.6 Å². The molecule has 0 saturated carbocycles. The number of nitrogens with zero attached hydrogens (tertiary/aromatic N) is 1. The van der Waals surface area contributed by atoms with E-state index in [4.69, 9.17) is 5.11 Å². The summed E-state index contributed by atoms with van der Waals surface area (Å²) in [7, 11) is 0. The molecule has 1 saturated heterocycles. The van der Waals surface area contributed by atoms with E-state index >= 15 is 0 Å². The molecule has 0 amide bonds. The molecule has 1 rings (SSSR count). The van der Waals surface area contributed by atoms with Gasteiger partial charge in [0.25, 0.3) is 0 Å². The van der Waals surface area contributed by atoms with Crippen LogP contribution < -0.4 is 5.32 Å². The average Bonchev–Trinajstić information content (AvgIpc) is 2.28. The quantitative estimate of drug-likeness (QED) is 0.732. The molecule has 3 nitrogen and oxygen atoms in total. The molecule has 1 aliphatic rings. The molecule has 0 unspecified atom stereocenters. The van der Waals surface area contributed by atoms with E-state index < -0.39 is 0 Å². The monoisotopic (exact) mass is 256 g/mol. The van der Waals surface area contributed by atoms with Gasteiger partial charge in [-0.1, -0.05) is 20.8 Å². The number of hydrogen-bond donors (Lipinski definition) is 2. The zero-order chi connectivity index (χ0) is 13.4. The summed E-state index contributed by atoms with van der Waals surface area (Å²) in [6.07, 6.45) is 4.75. The van der Waals surface area contributed by atoms with Crippen molar-refractivity contribution in [1.82, 2.24) is 10.2 Å². The van der Waals surface area contributed by atoms with Crippen LogP contribution in [0.2, 0.25) is 0 Å². The highest BCUT2D eigenvalue weighted by molar-refractivity contribution is 4.72. The predicted molar refractivity (Wildman–Crippen MR) is 77.8 cm³/mol. The third kappa shape index (κ3) is 7.34. The van der Waals surface area contributed by atoms with Gasteiger partial charge in [-0.3, -0.25) is 0 Å². The Morgan fingerprint density at radius 3 is 2.39 bits per heavy atom. The number of nitrogens with one attached hydrogen (secondary N) is 1. The van der Waals surface area contributed by atoms with Crippen molar-refractivity contribution < 1.29 is 5.11 Å². The van der Waals surface area contributed by atoms with E-state index in [2.05, 4.69) is 31.0 Å². The Morgan fingerprint density at radius 1 is 1.17 bits per heavy atom. The lowest BCUT2D eigenvalue weighted by atomic mass is 9.81. The highest BCUT2D eigenvalue weighted by Crippen LogP contribution is 2.29. The smallest absolute Gasteiger partial charge is 0.0433 e. The van der Waals surface area contributed by atoms with Gasteiger partial charge in [-0.15, -0.1) is 0 Å². The summed E-state index contributed by atoms with van der Waals surface area (Å²) < 4.78 is 0. The zero-order valence-electron chi connectivity index (χ0n) is 12.5. The Morgan fingerprint density at radius 2 is 1.83 bits per heavy atom. The fourth-order valence-corrected chi connectivity index (χ4v) is 2.94. The number of aliphatic hydroxyl groups is 1. The lowest BCUT2D eigenvalue weighted by molar-refractivity contribution is 0.192. The number of hydrogen-bond acceptors (Lipinski definition) is 3. The molecule has 108 valence electrons. The Bertz CT molecular complexity index is 207. The van der Waals surface area contributed by atoms with Gasteiger partial charge in [0.05, 0.1) is 0 Å². The molecule has 0 radical (unpaired) electrons. The lowest BCUT2D eigenvalue weighted by Crippen LogP contribution is -2.43. The standard InChI is InChI=1S/C15H32N2O/c1-15(2,3)13-14(6-12-18)5-4-9-17-10-7-16-8-11-17/h14,16,18H,4-13H2,1-3H3/t14-/m0/s1. The molecule has 1 atom stereocenters. The van der Waals surface area contributed by atoms with Crippen molar-refractivity contribution in [1.29, 1.82) is 0 Å². The van der Waals surface area contributed by atoms with E-state index in [0.717, 1.165) is 19.5 Å². The van der Waals surface area contributed by atoms with Crippen LogP contribution in [0.25, 0.3) is 0 Å². The first-order valence-electron chi connectivity index (χ1n) is 7.55. The minimum absolute atomic E-state index is 0.342. The lowest BCUT2D eigenvalue weighted by Gasteiger charge is -2.29. The molecular formula is C15H32N2O. The molecule has 1 heterocycles. The first-order valence-corrected chi connectivity index (χ1v) is 7.55. The van der Waals surface area contributed by atoms with Crippen LogP contribution in [-0.4, -0.2) is 49.3 Å². The maximum absolute atomic E-state index is 9.16. The summed E-state index contributed by atoms with van der Waals surface area (Å²) in [5.41, 5.74) is 0.384. The van der Waals surface area contributed by atoms with E-state index in [1.807, 2.05) is 0 Å². The van der Waals surface area contributed by atoms with Crippen molar-refractivity contribution in [2.75, 3.05) is 39.3 Å². The molecule has 18 heavy (non-hydrogen) atoms. The fourth-order valence-electron chi connectivity index (χ4n) is 2.94. The first-order chi connectivity index (χ1) is 8.51. The minimum atomic E-state index is 0.342. The highest BCUT2D eigenvalue weighted by atomic mass is 16.3. The van der Waals surface area contributed by atoms with Crippen molar-refractivity contribution in [2.24, 2.45) is 11.3 Å². The second-order valence-corrected chi connectivity index (χ2v) is 6.88. The predicted octanol–water partition coefficient (Wildman–Crippen LogP) is 2.11. The molecule has 0 aliphatic carbocycles. The zero-order valence-corrected chi connectivity index (χ0v) is 12.5. The van der Waals surface area contributed by atoms with Crippen LogP contribution in [0, 0.1) is 11.3 Å². The normalized spacial score (nSPS) is 20.0. The highest BCUT2D eigenvalue weighted by Gasteiger charge is 2.18. The van der Waals surface area contributed by atoms with Crippen molar-refractivity contribution in [3.63, 3.8) is 0 Å². The fraction of sp³-hybridized carbons (Fsp3) is 1.00. The van der Waals surface area contributed by atoms with E-state index in [-0.39, 0.29) is 0 Å². The first kappa shape index (κ1) is 15.9. The summed E-state index contributed by atoms with van der Waals surface area (Å²) in [6.45, 7) is 13.1. The molecule has 1 fully saturated rings. The summed E-state index contributed by atoms with van der Waals surface area (Å²) in [4.78, 5) is 2.56. The summed E-state index contributed by atoms with van der Waals surface area (Å²) in [5.74, 6) is 0.693. The third-order valence-corrected chi connectivity index (χ3v) is 3.73. The molecule has 1 aliphatic heterocycles. The van der Waals surface area contributed by atoms with Crippen molar-refractivity contribution >= 4 is 0 Å². The van der Waals surface area contributed by atoms with Crippen LogP contribution in [0.4, 0.5) is 0 Å². The van der Waals surface area contributed by atoms with E-state index in [9.17, 15) is 0 Å². The number of aliphatic hydroxyl groups excluding tert-OH is 1. The summed E-state index contributed by atoms with van der Waals surface area (Å²) in [6, 6.07) is 0. The molecular weight excluding hydrogens is 224 g/mol. The van der Waals surface area contributed by atoms with Gasteiger partial charge in [0.2, 0.25) is 0 Å². The molecule has 0 aromatic carbocycles. The van der Waals surface area contributed by atoms with E-state index in [1.54, 1.807) is 0 Å². The van der Waals surface area contributed by atoms with Crippen LogP contribution in [-0.2, 0) is 0 Å². The van der Waals surface area contributed by atoms with Crippen LogP contribution in [0.3, 0.4) is 0 Å². The van der Waals surface area contributed by atoms with Crippen LogP contribution >= 0.6 is 0 Å². The molecule has 0 bridgehead atoms. The van der Waals surface area contributed by atoms with Crippen molar-refractivity contribution in [3.8, 4) is 0 Å². The maximum atomic E-state index is 9.16.